The molecule has 3 aromatic rings. The predicted octanol–water partition coefficient (Wildman–Crippen LogP) is 4.44. The highest BCUT2D eigenvalue weighted by Crippen LogP contribution is 2.27. The number of nitrogens with one attached hydrogen (secondary N) is 2. The Balaban J connectivity index is 1.57. The van der Waals surface area contributed by atoms with Crippen molar-refractivity contribution in [3.63, 3.8) is 0 Å². The van der Waals surface area contributed by atoms with Gasteiger partial charge in [0.05, 0.1) is 13.3 Å². The van der Waals surface area contributed by atoms with Crippen LogP contribution in [0.4, 0.5) is 5.69 Å². The molecule has 0 aromatic heterocycles. The Morgan fingerprint density at radius 2 is 1.78 bits per heavy atom. The van der Waals surface area contributed by atoms with Crippen molar-refractivity contribution in [2.24, 2.45) is 5.10 Å². The molecule has 3 rings (SSSR count). The molecule has 0 bridgehead atoms. The summed E-state index contributed by atoms with van der Waals surface area (Å²) in [6, 6.07) is 19.1. The molecule has 2 amide bonds. The number of carbonyl (C=O) groups excluding carboxylic acids is 2. The average Bonchev–Trinajstić information content (AvgIpc) is 2.80. The number of halogens is 1. The van der Waals surface area contributed by atoms with E-state index in [-0.39, 0.29) is 18.4 Å². The fourth-order valence-electron chi connectivity index (χ4n) is 2.76. The van der Waals surface area contributed by atoms with Crippen LogP contribution in [0.15, 0.2) is 71.8 Å². The monoisotopic (exact) mass is 451 g/mol. The second-order valence-corrected chi connectivity index (χ2v) is 7.20. The van der Waals surface area contributed by atoms with Crippen molar-refractivity contribution in [3.05, 3.63) is 88.4 Å². The number of benzene rings is 3. The summed E-state index contributed by atoms with van der Waals surface area (Å²) >= 11 is 5.82. The van der Waals surface area contributed by atoms with Gasteiger partial charge < -0.3 is 14.8 Å². The van der Waals surface area contributed by atoms with Gasteiger partial charge in [0.15, 0.2) is 18.1 Å². The normalized spacial score (nSPS) is 10.6. The molecule has 164 valence electrons. The van der Waals surface area contributed by atoms with E-state index in [1.54, 1.807) is 42.5 Å². The third kappa shape index (κ3) is 6.33. The van der Waals surface area contributed by atoms with Gasteiger partial charge in [-0.3, -0.25) is 9.59 Å². The number of hydrazone groups is 1. The van der Waals surface area contributed by atoms with Gasteiger partial charge in [-0.05, 0) is 66.6 Å². The van der Waals surface area contributed by atoms with Crippen molar-refractivity contribution in [3.8, 4) is 11.5 Å². The van der Waals surface area contributed by atoms with Gasteiger partial charge in [-0.15, -0.1) is 0 Å². The topological polar surface area (TPSA) is 89.0 Å². The van der Waals surface area contributed by atoms with Crippen LogP contribution in [0.5, 0.6) is 11.5 Å². The molecule has 8 heteroatoms. The lowest BCUT2D eigenvalue weighted by Crippen LogP contribution is -2.20. The van der Waals surface area contributed by atoms with E-state index in [0.717, 1.165) is 11.3 Å². The van der Waals surface area contributed by atoms with E-state index in [1.165, 1.54) is 13.3 Å². The predicted molar refractivity (Wildman–Crippen MR) is 125 cm³/mol. The van der Waals surface area contributed by atoms with Gasteiger partial charge in [0, 0.05) is 16.3 Å². The van der Waals surface area contributed by atoms with E-state index < -0.39 is 0 Å². The SMILES string of the molecule is COc1cc(/C=N/NC(=O)c2ccc(Cl)cc2)ccc1OCC(=O)Nc1ccccc1C. The van der Waals surface area contributed by atoms with E-state index in [0.29, 0.717) is 27.6 Å². The van der Waals surface area contributed by atoms with E-state index in [2.05, 4.69) is 15.8 Å². The van der Waals surface area contributed by atoms with Crippen LogP contribution in [-0.4, -0.2) is 31.7 Å². The molecule has 32 heavy (non-hydrogen) atoms. The zero-order valence-corrected chi connectivity index (χ0v) is 18.3. The highest BCUT2D eigenvalue weighted by Gasteiger charge is 2.10. The smallest absolute Gasteiger partial charge is 0.271 e. The number of amides is 2. The summed E-state index contributed by atoms with van der Waals surface area (Å²) in [6.07, 6.45) is 1.48. The molecule has 0 aliphatic heterocycles. The number of aryl methyl sites for hydroxylation is 1. The molecule has 0 aliphatic rings. The summed E-state index contributed by atoms with van der Waals surface area (Å²) < 4.78 is 11.0. The first-order valence-electron chi connectivity index (χ1n) is 9.71. The first-order valence-corrected chi connectivity index (χ1v) is 10.1. The third-order valence-electron chi connectivity index (χ3n) is 4.45. The Morgan fingerprint density at radius 3 is 2.50 bits per heavy atom. The minimum Gasteiger partial charge on any atom is -0.493 e. The summed E-state index contributed by atoms with van der Waals surface area (Å²) in [4.78, 5) is 24.3. The van der Waals surface area contributed by atoms with Gasteiger partial charge in [-0.2, -0.15) is 5.10 Å². The van der Waals surface area contributed by atoms with Crippen molar-refractivity contribution < 1.29 is 19.1 Å². The minimum absolute atomic E-state index is 0.171. The maximum atomic E-state index is 12.2. The van der Waals surface area contributed by atoms with Crippen LogP contribution >= 0.6 is 11.6 Å². The molecular formula is C24H22ClN3O4. The van der Waals surface area contributed by atoms with Crippen LogP contribution < -0.4 is 20.2 Å². The van der Waals surface area contributed by atoms with Gasteiger partial charge in [-0.25, -0.2) is 5.43 Å². The highest BCUT2D eigenvalue weighted by atomic mass is 35.5. The largest absolute Gasteiger partial charge is 0.493 e. The molecule has 0 radical (unpaired) electrons. The van der Waals surface area contributed by atoms with Gasteiger partial charge in [0.1, 0.15) is 0 Å². The average molecular weight is 452 g/mol. The molecule has 0 saturated heterocycles. The Kier molecular flexibility index (Phi) is 7.83. The molecule has 7 nitrogen and oxygen atoms in total. The van der Waals surface area contributed by atoms with Crippen molar-refractivity contribution in [1.82, 2.24) is 5.43 Å². The quantitative estimate of drug-likeness (QED) is 0.391. The third-order valence-corrected chi connectivity index (χ3v) is 4.70. The second-order valence-electron chi connectivity index (χ2n) is 6.77. The molecule has 2 N–H and O–H groups in total. The molecule has 3 aromatic carbocycles. The second kappa shape index (κ2) is 11.0. The number of anilines is 1. The molecule has 0 spiro atoms. The molecular weight excluding hydrogens is 430 g/mol. The van der Waals surface area contributed by atoms with Crippen LogP contribution in [-0.2, 0) is 4.79 Å². The van der Waals surface area contributed by atoms with Crippen molar-refractivity contribution >= 4 is 35.3 Å². The number of hydrogen-bond acceptors (Lipinski definition) is 5. The number of methoxy groups -OCH3 is 1. The van der Waals surface area contributed by atoms with Gasteiger partial charge >= 0.3 is 0 Å². The van der Waals surface area contributed by atoms with Crippen molar-refractivity contribution in [1.29, 1.82) is 0 Å². The fourth-order valence-corrected chi connectivity index (χ4v) is 2.88. The van der Waals surface area contributed by atoms with E-state index in [1.807, 2.05) is 31.2 Å². The summed E-state index contributed by atoms with van der Waals surface area (Å²) in [6.45, 7) is 1.74. The van der Waals surface area contributed by atoms with E-state index >= 15 is 0 Å². The van der Waals surface area contributed by atoms with Crippen molar-refractivity contribution in [2.45, 2.75) is 6.92 Å². The van der Waals surface area contributed by atoms with Crippen LogP contribution in [0.2, 0.25) is 5.02 Å². The number of para-hydroxylation sites is 1. The highest BCUT2D eigenvalue weighted by molar-refractivity contribution is 6.30. The van der Waals surface area contributed by atoms with Crippen LogP contribution in [0.3, 0.4) is 0 Å². The fraction of sp³-hybridized carbons (Fsp3) is 0.125. The number of rotatable bonds is 8. The maximum absolute atomic E-state index is 12.2. The van der Waals surface area contributed by atoms with Gasteiger partial charge in [0.2, 0.25) is 0 Å². The lowest BCUT2D eigenvalue weighted by molar-refractivity contribution is -0.118. The first-order chi connectivity index (χ1) is 15.5. The number of ether oxygens (including phenoxy) is 2. The molecule has 0 atom stereocenters. The molecule has 0 fully saturated rings. The Bertz CT molecular complexity index is 1130. The maximum Gasteiger partial charge on any atom is 0.271 e. The van der Waals surface area contributed by atoms with Crippen LogP contribution in [0, 0.1) is 6.92 Å². The van der Waals surface area contributed by atoms with E-state index in [9.17, 15) is 9.59 Å². The van der Waals surface area contributed by atoms with Crippen LogP contribution in [0.25, 0.3) is 0 Å². The number of hydrogen-bond donors (Lipinski definition) is 2. The van der Waals surface area contributed by atoms with Crippen LogP contribution in [0.1, 0.15) is 21.5 Å². The molecule has 0 saturated carbocycles. The summed E-state index contributed by atoms with van der Waals surface area (Å²) in [5, 5.41) is 7.32. The summed E-state index contributed by atoms with van der Waals surface area (Å²) in [5.74, 6) is 0.206. The van der Waals surface area contributed by atoms with E-state index in [4.69, 9.17) is 21.1 Å². The number of nitrogens with zero attached hydrogens (tertiary/aromatic N) is 1. The molecule has 0 heterocycles. The van der Waals surface area contributed by atoms with Crippen molar-refractivity contribution in [2.75, 3.05) is 19.0 Å². The summed E-state index contributed by atoms with van der Waals surface area (Å²) in [7, 11) is 1.50. The Hall–Kier alpha value is -3.84. The summed E-state index contributed by atoms with van der Waals surface area (Å²) in [5.41, 5.74) is 5.27. The number of carbonyl (C=O) groups is 2. The van der Waals surface area contributed by atoms with Gasteiger partial charge in [-0.1, -0.05) is 29.8 Å². The Morgan fingerprint density at radius 1 is 1.03 bits per heavy atom. The first kappa shape index (κ1) is 22.8. The standard InChI is InChI=1S/C24H22ClN3O4/c1-16-5-3-4-6-20(16)27-23(29)15-32-21-12-7-17(13-22(21)31-2)14-26-28-24(30)18-8-10-19(25)11-9-18/h3-14H,15H2,1-2H3,(H,27,29)(H,28,30)/b26-14+. The zero-order chi connectivity index (χ0) is 22.9. The molecule has 0 unspecified atom stereocenters. The minimum atomic E-state index is -0.357. The lowest BCUT2D eigenvalue weighted by atomic mass is 10.2. The Labute approximate surface area is 191 Å². The van der Waals surface area contributed by atoms with Gasteiger partial charge in [0.25, 0.3) is 11.8 Å². The zero-order valence-electron chi connectivity index (χ0n) is 17.6. The lowest BCUT2D eigenvalue weighted by Gasteiger charge is -2.12. The molecule has 0 aliphatic carbocycles.